The van der Waals surface area contributed by atoms with Gasteiger partial charge >= 0.3 is 0 Å². The molecule has 0 fully saturated rings. The number of aromatic nitrogens is 1. The van der Waals surface area contributed by atoms with Gasteiger partial charge in [-0.2, -0.15) is 0 Å². The van der Waals surface area contributed by atoms with Crippen LogP contribution in [0, 0.1) is 0 Å². The molecule has 0 spiro atoms. The number of rotatable bonds is 2. The van der Waals surface area contributed by atoms with E-state index in [9.17, 15) is 9.59 Å². The second-order valence-electron chi connectivity index (χ2n) is 4.80. The summed E-state index contributed by atoms with van der Waals surface area (Å²) in [6.07, 6.45) is 0. The summed E-state index contributed by atoms with van der Waals surface area (Å²) in [7, 11) is 0. The minimum atomic E-state index is -0.497. The molecule has 0 radical (unpaired) electrons. The van der Waals surface area contributed by atoms with Crippen LogP contribution in [0.5, 0.6) is 0 Å². The number of hydrazine groups is 1. The fourth-order valence-electron chi connectivity index (χ4n) is 2.12. The first kappa shape index (κ1) is 15.4. The first-order valence-electron chi connectivity index (χ1n) is 6.68. The largest absolute Gasteiger partial charge is 0.350 e. The Morgan fingerprint density at radius 1 is 0.913 bits per heavy atom. The van der Waals surface area contributed by atoms with Gasteiger partial charge in [0.05, 0.1) is 10.6 Å². The zero-order valence-electron chi connectivity index (χ0n) is 11.7. The SMILES string of the molecule is O=C(NNC(=O)c1ccccc1Cl)c1cc2ccc(Cl)cc2[nH]1. The maximum atomic E-state index is 12.1. The summed E-state index contributed by atoms with van der Waals surface area (Å²) in [6.45, 7) is 0. The monoisotopic (exact) mass is 347 g/mol. The lowest BCUT2D eigenvalue weighted by molar-refractivity contribution is 0.0844. The fourth-order valence-corrected chi connectivity index (χ4v) is 2.51. The lowest BCUT2D eigenvalue weighted by Gasteiger charge is -2.07. The van der Waals surface area contributed by atoms with E-state index in [1.54, 1.807) is 48.5 Å². The highest BCUT2D eigenvalue weighted by Crippen LogP contribution is 2.20. The van der Waals surface area contributed by atoms with Crippen molar-refractivity contribution in [1.82, 2.24) is 15.8 Å². The number of halogens is 2. The van der Waals surface area contributed by atoms with Crippen LogP contribution in [0.3, 0.4) is 0 Å². The molecule has 1 heterocycles. The van der Waals surface area contributed by atoms with Gasteiger partial charge in [-0.25, -0.2) is 0 Å². The van der Waals surface area contributed by atoms with Crippen LogP contribution in [0.4, 0.5) is 0 Å². The number of carbonyl (C=O) groups is 2. The number of benzene rings is 2. The average Bonchev–Trinajstić information content (AvgIpc) is 2.95. The third-order valence-corrected chi connectivity index (χ3v) is 3.80. The van der Waals surface area contributed by atoms with Crippen LogP contribution in [-0.2, 0) is 0 Å². The van der Waals surface area contributed by atoms with Crippen LogP contribution in [0.15, 0.2) is 48.5 Å². The second-order valence-corrected chi connectivity index (χ2v) is 5.65. The van der Waals surface area contributed by atoms with E-state index >= 15 is 0 Å². The Kier molecular flexibility index (Phi) is 4.23. The molecular formula is C16H11Cl2N3O2. The van der Waals surface area contributed by atoms with E-state index in [0.29, 0.717) is 15.7 Å². The van der Waals surface area contributed by atoms with Gasteiger partial charge in [-0.3, -0.25) is 20.4 Å². The van der Waals surface area contributed by atoms with Gasteiger partial charge in [-0.15, -0.1) is 0 Å². The standard InChI is InChI=1S/C16H11Cl2N3O2/c17-10-6-5-9-7-14(19-13(9)8-10)16(23)21-20-15(22)11-3-1-2-4-12(11)18/h1-8,19H,(H,20,22)(H,21,23). The average molecular weight is 348 g/mol. The molecule has 5 nitrogen and oxygen atoms in total. The van der Waals surface area contributed by atoms with Gasteiger partial charge in [0, 0.05) is 15.9 Å². The summed E-state index contributed by atoms with van der Waals surface area (Å²) < 4.78 is 0. The van der Waals surface area contributed by atoms with Crippen LogP contribution in [-0.4, -0.2) is 16.8 Å². The Labute approximate surface area is 141 Å². The maximum Gasteiger partial charge on any atom is 0.286 e. The molecule has 2 aromatic carbocycles. The predicted molar refractivity (Wildman–Crippen MR) is 89.7 cm³/mol. The van der Waals surface area contributed by atoms with Crippen LogP contribution in [0.25, 0.3) is 10.9 Å². The van der Waals surface area contributed by atoms with E-state index in [0.717, 1.165) is 10.9 Å². The Balaban J connectivity index is 1.71. The Morgan fingerprint density at radius 2 is 1.65 bits per heavy atom. The van der Waals surface area contributed by atoms with Crippen LogP contribution in [0.1, 0.15) is 20.8 Å². The molecule has 23 heavy (non-hydrogen) atoms. The molecule has 3 aromatic rings. The molecule has 0 unspecified atom stereocenters. The smallest absolute Gasteiger partial charge is 0.286 e. The lowest BCUT2D eigenvalue weighted by atomic mass is 10.2. The molecule has 0 saturated carbocycles. The maximum absolute atomic E-state index is 12.1. The number of aromatic amines is 1. The van der Waals surface area contributed by atoms with Gasteiger partial charge in [0.2, 0.25) is 0 Å². The molecule has 0 aliphatic carbocycles. The summed E-state index contributed by atoms with van der Waals surface area (Å²) in [5.74, 6) is -0.971. The number of hydrogen-bond donors (Lipinski definition) is 3. The molecule has 0 bridgehead atoms. The van der Waals surface area contributed by atoms with E-state index in [1.807, 2.05) is 0 Å². The van der Waals surface area contributed by atoms with Gasteiger partial charge in [-0.05, 0) is 30.3 Å². The Hall–Kier alpha value is -2.50. The topological polar surface area (TPSA) is 74.0 Å². The summed E-state index contributed by atoms with van der Waals surface area (Å²) in [5, 5.41) is 1.72. The van der Waals surface area contributed by atoms with Crippen LogP contribution >= 0.6 is 23.2 Å². The van der Waals surface area contributed by atoms with E-state index in [1.165, 1.54) is 0 Å². The van der Waals surface area contributed by atoms with E-state index in [4.69, 9.17) is 23.2 Å². The minimum absolute atomic E-state index is 0.276. The van der Waals surface area contributed by atoms with Crippen LogP contribution < -0.4 is 10.9 Å². The predicted octanol–water partition coefficient (Wildman–Crippen LogP) is 3.55. The third kappa shape index (κ3) is 3.31. The highest BCUT2D eigenvalue weighted by molar-refractivity contribution is 6.33. The molecule has 116 valence electrons. The van der Waals surface area contributed by atoms with Gasteiger partial charge in [-0.1, -0.05) is 41.4 Å². The molecule has 2 amide bonds. The second kappa shape index (κ2) is 6.32. The highest BCUT2D eigenvalue weighted by atomic mass is 35.5. The van der Waals surface area contributed by atoms with Gasteiger partial charge in [0.1, 0.15) is 5.69 Å². The summed E-state index contributed by atoms with van der Waals surface area (Å²) in [5.41, 5.74) is 5.98. The molecule has 0 aliphatic rings. The van der Waals surface area contributed by atoms with Crippen molar-refractivity contribution >= 4 is 45.9 Å². The van der Waals surface area contributed by atoms with Crippen molar-refractivity contribution in [3.05, 3.63) is 69.8 Å². The molecule has 0 aliphatic heterocycles. The molecule has 0 saturated heterocycles. The first-order valence-corrected chi connectivity index (χ1v) is 7.43. The van der Waals surface area contributed by atoms with Crippen molar-refractivity contribution in [3.63, 3.8) is 0 Å². The number of nitrogens with one attached hydrogen (secondary N) is 3. The molecule has 1 aromatic heterocycles. The van der Waals surface area contributed by atoms with E-state index in [-0.39, 0.29) is 5.56 Å². The Bertz CT molecular complexity index is 905. The fraction of sp³-hybridized carbons (Fsp3) is 0. The number of carbonyl (C=O) groups excluding carboxylic acids is 2. The lowest BCUT2D eigenvalue weighted by Crippen LogP contribution is -2.41. The van der Waals surface area contributed by atoms with Crippen LogP contribution in [0.2, 0.25) is 10.0 Å². The Morgan fingerprint density at radius 3 is 2.43 bits per heavy atom. The summed E-state index contributed by atoms with van der Waals surface area (Å²) in [6, 6.07) is 13.5. The molecule has 3 rings (SSSR count). The van der Waals surface area contributed by atoms with Crippen molar-refractivity contribution in [3.8, 4) is 0 Å². The number of H-pyrrole nitrogens is 1. The van der Waals surface area contributed by atoms with Crippen molar-refractivity contribution in [2.75, 3.05) is 0 Å². The summed E-state index contributed by atoms with van der Waals surface area (Å²) in [4.78, 5) is 27.0. The molecule has 3 N–H and O–H groups in total. The van der Waals surface area contributed by atoms with E-state index < -0.39 is 11.8 Å². The zero-order valence-corrected chi connectivity index (χ0v) is 13.2. The molecule has 7 heteroatoms. The van der Waals surface area contributed by atoms with E-state index in [2.05, 4.69) is 15.8 Å². The molecular weight excluding hydrogens is 337 g/mol. The van der Waals surface area contributed by atoms with Gasteiger partial charge in [0.15, 0.2) is 0 Å². The van der Waals surface area contributed by atoms with Crippen molar-refractivity contribution < 1.29 is 9.59 Å². The highest BCUT2D eigenvalue weighted by Gasteiger charge is 2.13. The van der Waals surface area contributed by atoms with Crippen molar-refractivity contribution in [2.45, 2.75) is 0 Å². The number of amides is 2. The number of fused-ring (bicyclic) bond motifs is 1. The minimum Gasteiger partial charge on any atom is -0.350 e. The van der Waals surface area contributed by atoms with Crippen molar-refractivity contribution in [1.29, 1.82) is 0 Å². The third-order valence-electron chi connectivity index (χ3n) is 3.24. The van der Waals surface area contributed by atoms with Crippen molar-refractivity contribution in [2.24, 2.45) is 0 Å². The quantitative estimate of drug-likeness (QED) is 0.620. The zero-order chi connectivity index (χ0) is 16.4. The molecule has 0 atom stereocenters. The first-order chi connectivity index (χ1) is 11.0. The number of hydrogen-bond acceptors (Lipinski definition) is 2. The summed E-state index contributed by atoms with van der Waals surface area (Å²) >= 11 is 11.8. The normalized spacial score (nSPS) is 10.5. The van der Waals surface area contributed by atoms with Gasteiger partial charge < -0.3 is 4.98 Å². The van der Waals surface area contributed by atoms with Gasteiger partial charge in [0.25, 0.3) is 11.8 Å².